The Bertz CT molecular complexity index is 770. The van der Waals surface area contributed by atoms with Gasteiger partial charge in [-0.25, -0.2) is 0 Å². The topological polar surface area (TPSA) is 9.23 Å². The molecule has 2 fully saturated rings. The normalized spacial score (nSPS) is 20.4. The van der Waals surface area contributed by atoms with Crippen LogP contribution in [0.15, 0.2) is 42.5 Å². The summed E-state index contributed by atoms with van der Waals surface area (Å²) in [7, 11) is 0.686. The summed E-state index contributed by atoms with van der Waals surface area (Å²) in [5.41, 5.74) is 5.09. The zero-order valence-corrected chi connectivity index (χ0v) is 17.9. The molecule has 1 nitrogen and oxygen atoms in total. The Morgan fingerprint density at radius 2 is 1.52 bits per heavy atom. The minimum absolute atomic E-state index is 0.961. The fourth-order valence-corrected chi connectivity index (χ4v) is 11.5. The summed E-state index contributed by atoms with van der Waals surface area (Å²) in [5, 5.41) is 1.71. The van der Waals surface area contributed by atoms with E-state index in [0.717, 1.165) is 11.4 Å². The third-order valence-electron chi connectivity index (χ3n) is 7.00. The molecule has 0 N–H and O–H groups in total. The molecule has 1 aliphatic carbocycles. The fraction of sp³-hybridized carbons (Fsp3) is 0.520. The van der Waals surface area contributed by atoms with Gasteiger partial charge in [-0.05, 0) is 69.6 Å². The van der Waals surface area contributed by atoms with Crippen LogP contribution in [0.1, 0.15) is 56.9 Å². The van der Waals surface area contributed by atoms with Crippen LogP contribution < -0.4 is 10.0 Å². The van der Waals surface area contributed by atoms with Crippen molar-refractivity contribution >= 4 is 12.6 Å². The Hall–Kier alpha value is -1.33. The molecular formula is C25H34OP+. The molecule has 2 aromatic rings. The summed E-state index contributed by atoms with van der Waals surface area (Å²) in [4.78, 5) is 0. The van der Waals surface area contributed by atoms with Crippen LogP contribution >= 0.6 is 7.26 Å². The van der Waals surface area contributed by atoms with Crippen LogP contribution in [0.25, 0.3) is 11.1 Å². The van der Waals surface area contributed by atoms with Crippen molar-refractivity contribution in [2.24, 2.45) is 0 Å². The molecule has 1 aliphatic heterocycles. The van der Waals surface area contributed by atoms with Crippen molar-refractivity contribution in [3.8, 4) is 16.9 Å². The quantitative estimate of drug-likeness (QED) is 0.527. The van der Waals surface area contributed by atoms with Gasteiger partial charge in [0.1, 0.15) is 11.1 Å². The van der Waals surface area contributed by atoms with Gasteiger partial charge in [0.15, 0.2) is 0 Å². The number of rotatable bonds is 4. The Labute approximate surface area is 165 Å². The van der Waals surface area contributed by atoms with E-state index >= 15 is 0 Å². The minimum atomic E-state index is -1.13. The lowest BCUT2D eigenvalue weighted by atomic mass is 9.99. The summed E-state index contributed by atoms with van der Waals surface area (Å²) in [6.07, 6.45) is 14.5. The molecule has 0 amide bonds. The second kappa shape index (κ2) is 8.36. The van der Waals surface area contributed by atoms with Gasteiger partial charge in [-0.15, -0.1) is 0 Å². The summed E-state index contributed by atoms with van der Waals surface area (Å²) in [6, 6.07) is 15.9. The van der Waals surface area contributed by atoms with E-state index in [0.29, 0.717) is 0 Å². The van der Waals surface area contributed by atoms with Crippen molar-refractivity contribution in [3.63, 3.8) is 0 Å². The molecule has 144 valence electrons. The molecule has 0 bridgehead atoms. The van der Waals surface area contributed by atoms with Crippen LogP contribution in [-0.2, 0) is 0 Å². The van der Waals surface area contributed by atoms with Gasteiger partial charge in [0, 0.05) is 11.1 Å². The van der Waals surface area contributed by atoms with Crippen molar-refractivity contribution in [1.82, 2.24) is 0 Å². The Kier molecular flexibility index (Phi) is 5.88. The monoisotopic (exact) mass is 381 g/mol. The number of hydrogen-bond acceptors (Lipinski definition) is 1. The van der Waals surface area contributed by atoms with Gasteiger partial charge in [0.05, 0.1) is 32.4 Å². The van der Waals surface area contributed by atoms with Crippen molar-refractivity contribution in [1.29, 1.82) is 0 Å². The fourth-order valence-electron chi connectivity index (χ4n) is 5.68. The molecule has 1 heterocycles. The first-order chi connectivity index (χ1) is 13.3. The van der Waals surface area contributed by atoms with Crippen LogP contribution in [-0.4, -0.2) is 25.1 Å². The maximum Gasteiger partial charge on any atom is 0.127 e. The SMILES string of the molecule is COc1cccc(C)c1-c1ccccc1[P+]1(C2CCCCC2)CCCCC1. The number of hydrogen-bond donors (Lipinski definition) is 0. The highest BCUT2D eigenvalue weighted by molar-refractivity contribution is 7.83. The smallest absolute Gasteiger partial charge is 0.127 e. The predicted molar refractivity (Wildman–Crippen MR) is 120 cm³/mol. The highest BCUT2D eigenvalue weighted by atomic mass is 31.2. The first kappa shape index (κ1) is 19.0. The van der Waals surface area contributed by atoms with Crippen LogP contribution in [0.2, 0.25) is 0 Å². The molecule has 2 aromatic carbocycles. The Balaban J connectivity index is 1.88. The van der Waals surface area contributed by atoms with Crippen LogP contribution in [0.5, 0.6) is 5.75 Å². The summed E-state index contributed by atoms with van der Waals surface area (Å²) in [5.74, 6) is 1.03. The average molecular weight is 382 g/mol. The van der Waals surface area contributed by atoms with E-state index in [1.165, 1.54) is 80.4 Å². The van der Waals surface area contributed by atoms with Crippen molar-refractivity contribution in [2.75, 3.05) is 19.4 Å². The molecule has 27 heavy (non-hydrogen) atoms. The van der Waals surface area contributed by atoms with Crippen LogP contribution in [0.3, 0.4) is 0 Å². The second-order valence-electron chi connectivity index (χ2n) is 8.50. The molecule has 0 spiro atoms. The maximum atomic E-state index is 5.81. The highest BCUT2D eigenvalue weighted by Gasteiger charge is 2.49. The lowest BCUT2D eigenvalue weighted by Crippen LogP contribution is -2.33. The van der Waals surface area contributed by atoms with E-state index < -0.39 is 7.26 Å². The van der Waals surface area contributed by atoms with E-state index in [-0.39, 0.29) is 0 Å². The number of methoxy groups -OCH3 is 1. The lowest BCUT2D eigenvalue weighted by molar-refractivity contribution is 0.416. The van der Waals surface area contributed by atoms with Crippen LogP contribution in [0.4, 0.5) is 0 Å². The molecule has 0 unspecified atom stereocenters. The molecular weight excluding hydrogens is 347 g/mol. The molecule has 0 atom stereocenters. The third-order valence-corrected chi connectivity index (χ3v) is 12.5. The van der Waals surface area contributed by atoms with Crippen LogP contribution in [0, 0.1) is 6.92 Å². The van der Waals surface area contributed by atoms with E-state index in [1.54, 1.807) is 5.30 Å². The van der Waals surface area contributed by atoms with E-state index in [2.05, 4.69) is 49.4 Å². The molecule has 1 saturated carbocycles. The molecule has 1 saturated heterocycles. The first-order valence-electron chi connectivity index (χ1n) is 10.9. The zero-order chi connectivity index (χ0) is 18.7. The minimum Gasteiger partial charge on any atom is -0.496 e. The largest absolute Gasteiger partial charge is 0.496 e. The van der Waals surface area contributed by atoms with Gasteiger partial charge in [-0.3, -0.25) is 0 Å². The molecule has 2 aliphatic rings. The maximum absolute atomic E-state index is 5.81. The van der Waals surface area contributed by atoms with Crippen molar-refractivity contribution in [2.45, 2.75) is 63.9 Å². The van der Waals surface area contributed by atoms with Crippen molar-refractivity contribution < 1.29 is 4.74 Å². The van der Waals surface area contributed by atoms with E-state index in [1.807, 2.05) is 7.11 Å². The lowest BCUT2D eigenvalue weighted by Gasteiger charge is -2.40. The molecule has 0 aromatic heterocycles. The van der Waals surface area contributed by atoms with Gasteiger partial charge >= 0.3 is 0 Å². The van der Waals surface area contributed by atoms with Gasteiger partial charge in [0.2, 0.25) is 0 Å². The number of ether oxygens (including phenoxy) is 1. The van der Waals surface area contributed by atoms with Gasteiger partial charge < -0.3 is 4.74 Å². The van der Waals surface area contributed by atoms with E-state index in [9.17, 15) is 0 Å². The predicted octanol–water partition coefficient (Wildman–Crippen LogP) is 6.83. The van der Waals surface area contributed by atoms with Crippen molar-refractivity contribution in [3.05, 3.63) is 48.0 Å². The molecule has 2 heteroatoms. The zero-order valence-electron chi connectivity index (χ0n) is 17.0. The third kappa shape index (κ3) is 3.56. The first-order valence-corrected chi connectivity index (χ1v) is 13.1. The molecule has 0 radical (unpaired) electrons. The summed E-state index contributed by atoms with van der Waals surface area (Å²) < 4.78 is 5.81. The second-order valence-corrected chi connectivity index (χ2v) is 12.7. The van der Waals surface area contributed by atoms with Gasteiger partial charge in [0.25, 0.3) is 0 Å². The molecule has 4 rings (SSSR count). The standard InChI is InChI=1S/C25H34OP/c1-20-12-11-16-23(26-2)25(20)22-15-7-8-17-24(22)27(18-9-4-10-19-27)21-13-5-3-6-14-21/h7-8,11-12,15-17,21H,3-6,9-10,13-14,18-19H2,1-2H3/q+1. The Morgan fingerprint density at radius 3 is 2.26 bits per heavy atom. The van der Waals surface area contributed by atoms with E-state index in [4.69, 9.17) is 4.74 Å². The average Bonchev–Trinajstić information content (AvgIpc) is 2.74. The van der Waals surface area contributed by atoms with Gasteiger partial charge in [-0.2, -0.15) is 0 Å². The Morgan fingerprint density at radius 1 is 0.815 bits per heavy atom. The van der Waals surface area contributed by atoms with Gasteiger partial charge in [-0.1, -0.05) is 36.8 Å². The summed E-state index contributed by atoms with van der Waals surface area (Å²) >= 11 is 0. The highest BCUT2D eigenvalue weighted by Crippen LogP contribution is 2.69. The number of aryl methyl sites for hydroxylation is 1. The summed E-state index contributed by atoms with van der Waals surface area (Å²) in [6.45, 7) is 2.24. The number of benzene rings is 2.